The zero-order valence-corrected chi connectivity index (χ0v) is 26.4. The number of hydrogen-bond donors (Lipinski definition) is 4. The quantitative estimate of drug-likeness (QED) is 0.176. The normalized spacial score (nSPS) is 13.2. The standard InChI is InChI=1S/C32H35FN6O5S/c1-6-22(15-34)32(44)39(5)24-9-7-8-21(13-24)14-26(29(41)36-16-23-11-10-18(2)12-25(23)33)37-31(43)28(19(3)40)38-30(42)27-17-35-20(4)45-27/h6-13,17,19,26,28,40H,14,16H2,1-5H3,(H,36,41)(H,37,43)(H,38,42)/b22-6+/t19?,26-,28-/m0/s1. The molecule has 45 heavy (non-hydrogen) atoms. The third-order valence-corrected chi connectivity index (χ3v) is 7.78. The van der Waals surface area contributed by atoms with Crippen molar-refractivity contribution in [3.05, 3.63) is 92.7 Å². The first-order chi connectivity index (χ1) is 21.3. The predicted molar refractivity (Wildman–Crippen MR) is 168 cm³/mol. The third-order valence-electron chi connectivity index (χ3n) is 6.87. The molecule has 0 saturated heterocycles. The molecule has 3 aromatic rings. The number of likely N-dealkylation sites (N-methyl/N-ethyl adjacent to an activating group) is 1. The lowest BCUT2D eigenvalue weighted by molar-refractivity contribution is -0.131. The molecule has 1 heterocycles. The molecule has 236 valence electrons. The van der Waals surface area contributed by atoms with E-state index in [1.165, 1.54) is 37.2 Å². The molecule has 1 aromatic heterocycles. The highest BCUT2D eigenvalue weighted by molar-refractivity contribution is 7.13. The number of thiazole rings is 1. The summed E-state index contributed by atoms with van der Waals surface area (Å²) in [5, 5.41) is 28.0. The molecule has 11 nitrogen and oxygen atoms in total. The molecule has 0 aliphatic carbocycles. The van der Waals surface area contributed by atoms with E-state index in [9.17, 15) is 33.9 Å². The summed E-state index contributed by atoms with van der Waals surface area (Å²) in [6, 6.07) is 10.5. The first-order valence-electron chi connectivity index (χ1n) is 14.0. The number of aromatic nitrogens is 1. The molecule has 0 bridgehead atoms. The number of nitrogens with one attached hydrogen (secondary N) is 3. The largest absolute Gasteiger partial charge is 0.391 e. The maximum absolute atomic E-state index is 14.5. The predicted octanol–water partition coefficient (Wildman–Crippen LogP) is 2.85. The molecule has 1 unspecified atom stereocenters. The van der Waals surface area contributed by atoms with Gasteiger partial charge in [-0.2, -0.15) is 5.26 Å². The number of carbonyl (C=O) groups is 4. The van der Waals surface area contributed by atoms with E-state index < -0.39 is 47.6 Å². The number of aryl methyl sites for hydroxylation is 2. The van der Waals surface area contributed by atoms with Crippen LogP contribution in [0.15, 0.2) is 60.3 Å². The minimum atomic E-state index is -1.41. The van der Waals surface area contributed by atoms with E-state index in [1.807, 2.05) is 6.07 Å². The van der Waals surface area contributed by atoms with Crippen molar-refractivity contribution in [2.75, 3.05) is 11.9 Å². The molecule has 4 N–H and O–H groups in total. The van der Waals surface area contributed by atoms with E-state index in [0.717, 1.165) is 11.3 Å². The van der Waals surface area contributed by atoms with Crippen LogP contribution in [0.2, 0.25) is 0 Å². The van der Waals surface area contributed by atoms with Gasteiger partial charge in [0.25, 0.3) is 11.8 Å². The van der Waals surface area contributed by atoms with Gasteiger partial charge in [0.15, 0.2) is 0 Å². The lowest BCUT2D eigenvalue weighted by atomic mass is 10.0. The molecule has 4 amide bonds. The number of benzene rings is 2. The van der Waals surface area contributed by atoms with E-state index in [1.54, 1.807) is 57.2 Å². The summed E-state index contributed by atoms with van der Waals surface area (Å²) in [6.45, 7) is 6.21. The van der Waals surface area contributed by atoms with Crippen molar-refractivity contribution in [1.29, 1.82) is 5.26 Å². The van der Waals surface area contributed by atoms with Crippen molar-refractivity contribution in [2.24, 2.45) is 0 Å². The molecular formula is C32H35FN6O5S. The molecule has 3 atom stereocenters. The Morgan fingerprint density at radius 2 is 1.87 bits per heavy atom. The molecule has 13 heteroatoms. The summed E-state index contributed by atoms with van der Waals surface area (Å²) in [5.41, 5.74) is 1.90. The van der Waals surface area contributed by atoms with Gasteiger partial charge in [0.05, 0.1) is 17.3 Å². The summed E-state index contributed by atoms with van der Waals surface area (Å²) in [6.07, 6.45) is 1.38. The van der Waals surface area contributed by atoms with Crippen molar-refractivity contribution in [2.45, 2.75) is 58.8 Å². The number of carbonyl (C=O) groups excluding carboxylic acids is 4. The Kier molecular flexibility index (Phi) is 12.1. The van der Waals surface area contributed by atoms with Crippen LogP contribution in [-0.4, -0.2) is 59.0 Å². The Labute approximate surface area is 264 Å². The van der Waals surface area contributed by atoms with Crippen molar-refractivity contribution in [3.8, 4) is 6.07 Å². The number of aliphatic hydroxyl groups excluding tert-OH is 1. The highest BCUT2D eigenvalue weighted by Gasteiger charge is 2.31. The number of rotatable bonds is 12. The second kappa shape index (κ2) is 15.7. The fourth-order valence-electron chi connectivity index (χ4n) is 4.32. The topological polar surface area (TPSA) is 165 Å². The summed E-state index contributed by atoms with van der Waals surface area (Å²) in [4.78, 5) is 57.9. The van der Waals surface area contributed by atoms with Crippen LogP contribution in [0.5, 0.6) is 0 Å². The minimum Gasteiger partial charge on any atom is -0.391 e. The highest BCUT2D eigenvalue weighted by atomic mass is 32.1. The lowest BCUT2D eigenvalue weighted by Gasteiger charge is -2.25. The number of allylic oxidation sites excluding steroid dienone is 1. The summed E-state index contributed by atoms with van der Waals surface area (Å²) in [5.74, 6) is -3.10. The van der Waals surface area contributed by atoms with Crippen LogP contribution in [-0.2, 0) is 27.3 Å². The summed E-state index contributed by atoms with van der Waals surface area (Å²) >= 11 is 1.12. The number of hydrogen-bond acceptors (Lipinski definition) is 8. The van der Waals surface area contributed by atoms with Crippen molar-refractivity contribution < 1.29 is 28.7 Å². The van der Waals surface area contributed by atoms with Crippen LogP contribution < -0.4 is 20.9 Å². The Balaban J connectivity index is 1.87. The first-order valence-corrected chi connectivity index (χ1v) is 14.8. The average Bonchev–Trinajstić information content (AvgIpc) is 3.45. The number of nitrogens with zero attached hydrogens (tertiary/aromatic N) is 3. The first kappa shape index (κ1) is 34.6. The SMILES string of the molecule is C/C=C(\C#N)C(=O)N(C)c1cccc(C[C@H](NC(=O)[C@@H](NC(=O)c2cnc(C)s2)C(C)O)C(=O)NCc2ccc(C)cc2F)c1. The van der Waals surface area contributed by atoms with Crippen LogP contribution in [0.4, 0.5) is 10.1 Å². The Bertz CT molecular complexity index is 1650. The van der Waals surface area contributed by atoms with Gasteiger partial charge in [-0.15, -0.1) is 11.3 Å². The van der Waals surface area contributed by atoms with Gasteiger partial charge >= 0.3 is 0 Å². The van der Waals surface area contributed by atoms with E-state index in [0.29, 0.717) is 21.8 Å². The lowest BCUT2D eigenvalue weighted by Crippen LogP contribution is -2.57. The number of amides is 4. The Morgan fingerprint density at radius 1 is 1.13 bits per heavy atom. The van der Waals surface area contributed by atoms with Crippen LogP contribution in [0.1, 0.15) is 45.2 Å². The number of nitriles is 1. The molecule has 2 aromatic carbocycles. The van der Waals surface area contributed by atoms with E-state index in [2.05, 4.69) is 20.9 Å². The van der Waals surface area contributed by atoms with E-state index in [-0.39, 0.29) is 29.0 Å². The monoisotopic (exact) mass is 634 g/mol. The van der Waals surface area contributed by atoms with Gasteiger partial charge < -0.3 is 26.0 Å². The van der Waals surface area contributed by atoms with Crippen molar-refractivity contribution in [1.82, 2.24) is 20.9 Å². The smallest absolute Gasteiger partial charge is 0.268 e. The molecule has 0 aliphatic rings. The second-order valence-electron chi connectivity index (χ2n) is 10.4. The summed E-state index contributed by atoms with van der Waals surface area (Å²) in [7, 11) is 1.50. The minimum absolute atomic E-state index is 0.0459. The Morgan fingerprint density at radius 3 is 2.47 bits per heavy atom. The van der Waals surface area contributed by atoms with Gasteiger partial charge in [-0.05, 0) is 57.0 Å². The van der Waals surface area contributed by atoms with Crippen molar-refractivity contribution in [3.63, 3.8) is 0 Å². The number of anilines is 1. The van der Waals surface area contributed by atoms with Gasteiger partial charge in [-0.3, -0.25) is 19.2 Å². The fourth-order valence-corrected chi connectivity index (χ4v) is 5.00. The molecule has 3 rings (SSSR count). The van der Waals surface area contributed by atoms with Gasteiger partial charge in [0, 0.05) is 31.3 Å². The Hall–Kier alpha value is -4.93. The number of halogens is 1. The maximum atomic E-state index is 14.5. The van der Waals surface area contributed by atoms with E-state index >= 15 is 0 Å². The van der Waals surface area contributed by atoms with Crippen LogP contribution in [0.25, 0.3) is 0 Å². The van der Waals surface area contributed by atoms with Gasteiger partial charge in [-0.25, -0.2) is 9.37 Å². The zero-order chi connectivity index (χ0) is 33.3. The fraction of sp³-hybridized carbons (Fsp3) is 0.312. The zero-order valence-electron chi connectivity index (χ0n) is 25.6. The molecule has 0 fully saturated rings. The van der Waals surface area contributed by atoms with Gasteiger partial charge in [0.1, 0.15) is 34.4 Å². The molecular weight excluding hydrogens is 599 g/mol. The van der Waals surface area contributed by atoms with E-state index in [4.69, 9.17) is 0 Å². The average molecular weight is 635 g/mol. The summed E-state index contributed by atoms with van der Waals surface area (Å²) < 4.78 is 14.5. The second-order valence-corrected chi connectivity index (χ2v) is 11.6. The van der Waals surface area contributed by atoms with Crippen LogP contribution in [0, 0.1) is 31.0 Å². The molecule has 0 radical (unpaired) electrons. The third kappa shape index (κ3) is 9.28. The van der Waals surface area contributed by atoms with Crippen LogP contribution >= 0.6 is 11.3 Å². The van der Waals surface area contributed by atoms with Gasteiger partial charge in [0.2, 0.25) is 11.8 Å². The van der Waals surface area contributed by atoms with Crippen LogP contribution in [0.3, 0.4) is 0 Å². The van der Waals surface area contributed by atoms with Gasteiger partial charge in [-0.1, -0.05) is 30.3 Å². The molecule has 0 saturated carbocycles. The molecule has 0 spiro atoms. The number of aliphatic hydroxyl groups is 1. The maximum Gasteiger partial charge on any atom is 0.268 e. The molecule has 0 aliphatic heterocycles. The highest BCUT2D eigenvalue weighted by Crippen LogP contribution is 2.19. The van der Waals surface area contributed by atoms with Crippen molar-refractivity contribution >= 4 is 40.7 Å².